The summed E-state index contributed by atoms with van der Waals surface area (Å²) < 4.78 is 15.4. The van der Waals surface area contributed by atoms with Gasteiger partial charge in [0.1, 0.15) is 10.8 Å². The minimum atomic E-state index is -0.262. The van der Waals surface area contributed by atoms with Crippen LogP contribution in [0.2, 0.25) is 0 Å². The fourth-order valence-electron chi connectivity index (χ4n) is 2.04. The Bertz CT molecular complexity index is 759. The molecule has 19 heavy (non-hydrogen) atoms. The molecule has 1 aromatic carbocycles. The molecule has 2 heterocycles. The summed E-state index contributed by atoms with van der Waals surface area (Å²) in [5.41, 5.74) is 7.92. The van der Waals surface area contributed by atoms with Crippen LogP contribution < -0.4 is 5.73 Å². The van der Waals surface area contributed by atoms with Gasteiger partial charge in [-0.1, -0.05) is 0 Å². The van der Waals surface area contributed by atoms with Crippen LogP contribution in [0.25, 0.3) is 11.0 Å². The number of imidazole rings is 1. The average molecular weight is 276 g/mol. The lowest BCUT2D eigenvalue weighted by atomic mass is 10.2. The van der Waals surface area contributed by atoms with Crippen molar-refractivity contribution >= 4 is 28.3 Å². The maximum absolute atomic E-state index is 13.5. The molecular formula is C13H13FN4S. The normalized spacial score (nSPS) is 11.3. The third-order valence-corrected chi connectivity index (χ3v) is 3.92. The van der Waals surface area contributed by atoms with Gasteiger partial charge in [0.2, 0.25) is 5.95 Å². The molecule has 0 aliphatic carbocycles. The molecule has 0 saturated carbocycles. The highest BCUT2D eigenvalue weighted by Crippen LogP contribution is 2.23. The zero-order valence-corrected chi connectivity index (χ0v) is 11.5. The first-order chi connectivity index (χ1) is 9.04. The van der Waals surface area contributed by atoms with Crippen LogP contribution in [-0.4, -0.2) is 14.5 Å². The predicted molar refractivity (Wildman–Crippen MR) is 74.8 cm³/mol. The molecule has 0 amide bonds. The fraction of sp³-hybridized carbons (Fsp3) is 0.231. The van der Waals surface area contributed by atoms with E-state index in [4.69, 9.17) is 5.73 Å². The highest BCUT2D eigenvalue weighted by molar-refractivity contribution is 7.11. The largest absolute Gasteiger partial charge is 0.369 e. The lowest BCUT2D eigenvalue weighted by molar-refractivity contribution is 0.620. The number of hydrogen-bond donors (Lipinski definition) is 1. The molecule has 3 aromatic rings. The van der Waals surface area contributed by atoms with Gasteiger partial charge in [-0.2, -0.15) is 0 Å². The number of halogens is 1. The standard InChI is InChI=1S/C13H13FN4S/c1-7-3-11-10(4-9(7)14)17-13(15)18(11)6-12-16-5-8(2)19-12/h3-5H,6H2,1-2H3,(H2,15,17). The first kappa shape index (κ1) is 12.1. The van der Waals surface area contributed by atoms with Crippen LogP contribution in [0, 0.1) is 19.7 Å². The van der Waals surface area contributed by atoms with E-state index in [0.29, 0.717) is 23.6 Å². The van der Waals surface area contributed by atoms with Gasteiger partial charge in [0.25, 0.3) is 0 Å². The van der Waals surface area contributed by atoms with Crippen molar-refractivity contribution in [1.82, 2.24) is 14.5 Å². The topological polar surface area (TPSA) is 56.7 Å². The van der Waals surface area contributed by atoms with E-state index in [-0.39, 0.29) is 5.82 Å². The van der Waals surface area contributed by atoms with Gasteiger partial charge in [0, 0.05) is 17.1 Å². The fourth-order valence-corrected chi connectivity index (χ4v) is 2.82. The van der Waals surface area contributed by atoms with E-state index in [1.54, 1.807) is 24.3 Å². The van der Waals surface area contributed by atoms with E-state index in [9.17, 15) is 4.39 Å². The van der Waals surface area contributed by atoms with Crippen molar-refractivity contribution in [1.29, 1.82) is 0 Å². The van der Waals surface area contributed by atoms with Crippen molar-refractivity contribution in [2.75, 3.05) is 5.73 Å². The van der Waals surface area contributed by atoms with Gasteiger partial charge in [0.15, 0.2) is 0 Å². The Morgan fingerprint density at radius 2 is 2.16 bits per heavy atom. The number of aromatic nitrogens is 3. The molecule has 0 fully saturated rings. The van der Waals surface area contributed by atoms with Crippen LogP contribution in [0.1, 0.15) is 15.4 Å². The number of nitrogens with two attached hydrogens (primary N) is 1. The molecule has 0 aliphatic heterocycles. The van der Waals surface area contributed by atoms with Crippen LogP contribution >= 0.6 is 11.3 Å². The number of thiazole rings is 1. The first-order valence-electron chi connectivity index (χ1n) is 5.88. The number of aryl methyl sites for hydroxylation is 2. The second kappa shape index (κ2) is 4.31. The molecule has 0 spiro atoms. The summed E-state index contributed by atoms with van der Waals surface area (Å²) in [6.45, 7) is 4.30. The van der Waals surface area contributed by atoms with Crippen LogP contribution in [0.3, 0.4) is 0 Å². The summed E-state index contributed by atoms with van der Waals surface area (Å²) in [4.78, 5) is 9.67. The van der Waals surface area contributed by atoms with Crippen molar-refractivity contribution in [3.05, 3.63) is 39.6 Å². The number of benzene rings is 1. The number of nitrogen functional groups attached to an aromatic ring is 1. The Kier molecular flexibility index (Phi) is 2.74. The molecule has 2 N–H and O–H groups in total. The average Bonchev–Trinajstić information content (AvgIpc) is 2.87. The van der Waals surface area contributed by atoms with Gasteiger partial charge < -0.3 is 10.3 Å². The first-order valence-corrected chi connectivity index (χ1v) is 6.69. The molecule has 0 radical (unpaired) electrons. The van der Waals surface area contributed by atoms with Crippen LogP contribution in [0.4, 0.5) is 10.3 Å². The van der Waals surface area contributed by atoms with Gasteiger partial charge >= 0.3 is 0 Å². The minimum absolute atomic E-state index is 0.262. The van der Waals surface area contributed by atoms with Gasteiger partial charge in [-0.25, -0.2) is 14.4 Å². The Balaban J connectivity index is 2.12. The van der Waals surface area contributed by atoms with Crippen LogP contribution in [-0.2, 0) is 6.54 Å². The molecule has 0 saturated heterocycles. The van der Waals surface area contributed by atoms with Crippen molar-refractivity contribution in [2.45, 2.75) is 20.4 Å². The molecule has 98 valence electrons. The molecule has 0 aliphatic rings. The molecule has 0 unspecified atom stereocenters. The Hall–Kier alpha value is -1.95. The van der Waals surface area contributed by atoms with Gasteiger partial charge in [-0.15, -0.1) is 11.3 Å². The lowest BCUT2D eigenvalue weighted by Gasteiger charge is -2.04. The number of nitrogens with zero attached hydrogens (tertiary/aromatic N) is 3. The summed E-state index contributed by atoms with van der Waals surface area (Å²) in [6.07, 6.45) is 1.83. The van der Waals surface area contributed by atoms with Gasteiger partial charge in [-0.05, 0) is 25.5 Å². The van der Waals surface area contributed by atoms with Crippen molar-refractivity contribution < 1.29 is 4.39 Å². The van der Waals surface area contributed by atoms with Crippen molar-refractivity contribution in [3.63, 3.8) is 0 Å². The smallest absolute Gasteiger partial charge is 0.201 e. The summed E-state index contributed by atoms with van der Waals surface area (Å²) in [7, 11) is 0. The minimum Gasteiger partial charge on any atom is -0.369 e. The molecule has 0 bridgehead atoms. The summed E-state index contributed by atoms with van der Waals surface area (Å²) in [5.74, 6) is 0.120. The zero-order chi connectivity index (χ0) is 13.6. The molecule has 6 heteroatoms. The quantitative estimate of drug-likeness (QED) is 0.783. The SMILES string of the molecule is Cc1cnc(Cn2c(N)nc3cc(F)c(C)cc32)s1. The molecule has 2 aromatic heterocycles. The van der Waals surface area contributed by atoms with E-state index < -0.39 is 0 Å². The molecular weight excluding hydrogens is 263 g/mol. The summed E-state index contributed by atoms with van der Waals surface area (Å²) >= 11 is 1.62. The predicted octanol–water partition coefficient (Wildman–Crippen LogP) is 2.88. The number of rotatable bonds is 2. The van der Waals surface area contributed by atoms with E-state index >= 15 is 0 Å². The highest BCUT2D eigenvalue weighted by Gasteiger charge is 2.12. The van der Waals surface area contributed by atoms with E-state index in [1.165, 1.54) is 6.07 Å². The van der Waals surface area contributed by atoms with Crippen molar-refractivity contribution in [2.24, 2.45) is 0 Å². The van der Waals surface area contributed by atoms with E-state index in [1.807, 2.05) is 17.7 Å². The maximum atomic E-state index is 13.5. The van der Waals surface area contributed by atoms with Crippen LogP contribution in [0.5, 0.6) is 0 Å². The van der Waals surface area contributed by atoms with Crippen LogP contribution in [0.15, 0.2) is 18.3 Å². The zero-order valence-electron chi connectivity index (χ0n) is 10.6. The second-order valence-electron chi connectivity index (χ2n) is 4.51. The summed E-state index contributed by atoms with van der Waals surface area (Å²) in [6, 6.07) is 3.19. The maximum Gasteiger partial charge on any atom is 0.201 e. The summed E-state index contributed by atoms with van der Waals surface area (Å²) in [5, 5.41) is 0.963. The van der Waals surface area contributed by atoms with Gasteiger partial charge in [-0.3, -0.25) is 0 Å². The molecule has 4 nitrogen and oxygen atoms in total. The molecule has 3 rings (SSSR count). The van der Waals surface area contributed by atoms with E-state index in [2.05, 4.69) is 9.97 Å². The second-order valence-corrected chi connectivity index (χ2v) is 5.83. The Labute approximate surface area is 113 Å². The number of hydrogen-bond acceptors (Lipinski definition) is 4. The number of anilines is 1. The monoisotopic (exact) mass is 276 g/mol. The third-order valence-electron chi connectivity index (χ3n) is 3.02. The Morgan fingerprint density at radius 3 is 2.84 bits per heavy atom. The highest BCUT2D eigenvalue weighted by atomic mass is 32.1. The van der Waals surface area contributed by atoms with Gasteiger partial charge in [0.05, 0.1) is 17.6 Å². The van der Waals surface area contributed by atoms with Crippen molar-refractivity contribution in [3.8, 4) is 0 Å². The lowest BCUT2D eigenvalue weighted by Crippen LogP contribution is -2.04. The Morgan fingerprint density at radius 1 is 1.37 bits per heavy atom. The number of fused-ring (bicyclic) bond motifs is 1. The molecule has 0 atom stereocenters. The van der Waals surface area contributed by atoms with E-state index in [0.717, 1.165) is 15.4 Å². The third kappa shape index (κ3) is 2.08.